The first-order valence-corrected chi connectivity index (χ1v) is 8.32. The molecule has 5 heteroatoms. The Bertz CT molecular complexity index is 523. The highest BCUT2D eigenvalue weighted by molar-refractivity contribution is 9.10. The molecule has 1 aromatic rings. The van der Waals surface area contributed by atoms with E-state index in [1.807, 2.05) is 23.1 Å². The third-order valence-electron chi connectivity index (χ3n) is 4.28. The van der Waals surface area contributed by atoms with Crippen LogP contribution < -0.4 is 4.74 Å². The topological polar surface area (TPSA) is 32.8 Å². The van der Waals surface area contributed by atoms with Gasteiger partial charge in [-0.3, -0.25) is 9.69 Å². The molecule has 1 saturated heterocycles. The van der Waals surface area contributed by atoms with E-state index in [1.54, 1.807) is 7.11 Å². The minimum atomic E-state index is 0.0897. The van der Waals surface area contributed by atoms with Crippen molar-refractivity contribution in [3.63, 3.8) is 0 Å². The summed E-state index contributed by atoms with van der Waals surface area (Å²) in [5.74, 6) is 1.72. The standard InChI is InChI=1S/C16H21BrN2O2/c1-21-13-4-5-15(17)14(10-13)16(20)19-8-6-18(7-9-19)11-12-2-3-12/h4-5,10,12H,2-3,6-9,11H2,1H3. The summed E-state index contributed by atoms with van der Waals surface area (Å²) in [7, 11) is 1.62. The van der Waals surface area contributed by atoms with E-state index in [1.165, 1.54) is 19.4 Å². The number of hydrogen-bond donors (Lipinski definition) is 0. The maximum absolute atomic E-state index is 12.7. The van der Waals surface area contributed by atoms with E-state index >= 15 is 0 Å². The van der Waals surface area contributed by atoms with E-state index < -0.39 is 0 Å². The van der Waals surface area contributed by atoms with Crippen LogP contribution in [0.15, 0.2) is 22.7 Å². The van der Waals surface area contributed by atoms with Gasteiger partial charge in [0.25, 0.3) is 5.91 Å². The smallest absolute Gasteiger partial charge is 0.255 e. The zero-order valence-corrected chi connectivity index (χ0v) is 13.9. The van der Waals surface area contributed by atoms with Crippen LogP contribution in [0.4, 0.5) is 0 Å². The minimum Gasteiger partial charge on any atom is -0.497 e. The molecule has 21 heavy (non-hydrogen) atoms. The van der Waals surface area contributed by atoms with Crippen molar-refractivity contribution in [2.75, 3.05) is 39.8 Å². The third kappa shape index (κ3) is 3.58. The number of halogens is 1. The quantitative estimate of drug-likeness (QED) is 0.834. The second-order valence-electron chi connectivity index (χ2n) is 5.88. The molecule has 1 aliphatic carbocycles. The predicted molar refractivity (Wildman–Crippen MR) is 85.8 cm³/mol. The van der Waals surface area contributed by atoms with E-state index in [9.17, 15) is 4.79 Å². The summed E-state index contributed by atoms with van der Waals surface area (Å²) in [6.07, 6.45) is 2.77. The number of piperazine rings is 1. The van der Waals surface area contributed by atoms with Crippen LogP contribution in [-0.2, 0) is 0 Å². The second-order valence-corrected chi connectivity index (χ2v) is 6.74. The van der Waals surface area contributed by atoms with E-state index in [2.05, 4.69) is 20.8 Å². The van der Waals surface area contributed by atoms with Crippen LogP contribution in [0.5, 0.6) is 5.75 Å². The molecule has 0 bridgehead atoms. The molecule has 4 nitrogen and oxygen atoms in total. The number of benzene rings is 1. The molecule has 3 rings (SSSR count). The fraction of sp³-hybridized carbons (Fsp3) is 0.562. The Balaban J connectivity index is 1.63. The number of carbonyl (C=O) groups is 1. The highest BCUT2D eigenvalue weighted by Gasteiger charge is 2.28. The zero-order valence-electron chi connectivity index (χ0n) is 12.3. The van der Waals surface area contributed by atoms with Crippen LogP contribution in [0.3, 0.4) is 0 Å². The first-order chi connectivity index (χ1) is 10.2. The molecule has 114 valence electrons. The molecule has 2 fully saturated rings. The van der Waals surface area contributed by atoms with Gasteiger partial charge in [-0.15, -0.1) is 0 Å². The molecule has 1 aromatic carbocycles. The Hall–Kier alpha value is -1.07. The van der Waals surface area contributed by atoms with Gasteiger partial charge in [0.1, 0.15) is 5.75 Å². The van der Waals surface area contributed by atoms with Crippen molar-refractivity contribution in [2.45, 2.75) is 12.8 Å². The van der Waals surface area contributed by atoms with Crippen LogP contribution in [-0.4, -0.2) is 55.5 Å². The van der Waals surface area contributed by atoms with Crippen LogP contribution in [0, 0.1) is 5.92 Å². The number of ether oxygens (including phenoxy) is 1. The normalized spacial score (nSPS) is 19.6. The molecule has 0 radical (unpaired) electrons. The van der Waals surface area contributed by atoms with Crippen molar-refractivity contribution in [2.24, 2.45) is 5.92 Å². The molecular weight excluding hydrogens is 332 g/mol. The van der Waals surface area contributed by atoms with E-state index in [0.29, 0.717) is 11.3 Å². The Morgan fingerprint density at radius 2 is 2.00 bits per heavy atom. The Kier molecular flexibility index (Phi) is 4.50. The lowest BCUT2D eigenvalue weighted by Crippen LogP contribution is -2.49. The highest BCUT2D eigenvalue weighted by atomic mass is 79.9. The summed E-state index contributed by atoms with van der Waals surface area (Å²) < 4.78 is 6.04. The summed E-state index contributed by atoms with van der Waals surface area (Å²) in [6.45, 7) is 4.82. The molecule has 1 amide bonds. The SMILES string of the molecule is COc1ccc(Br)c(C(=O)N2CCN(CC3CC3)CC2)c1. The summed E-state index contributed by atoms with van der Waals surface area (Å²) >= 11 is 3.47. The lowest BCUT2D eigenvalue weighted by atomic mass is 10.1. The van der Waals surface area contributed by atoms with Crippen LogP contribution in [0.25, 0.3) is 0 Å². The zero-order chi connectivity index (χ0) is 14.8. The van der Waals surface area contributed by atoms with Gasteiger partial charge >= 0.3 is 0 Å². The molecule has 0 atom stereocenters. The van der Waals surface area contributed by atoms with Crippen molar-refractivity contribution in [1.29, 1.82) is 0 Å². The monoisotopic (exact) mass is 352 g/mol. The number of methoxy groups -OCH3 is 1. The first-order valence-electron chi connectivity index (χ1n) is 7.52. The Morgan fingerprint density at radius 1 is 1.29 bits per heavy atom. The molecule has 0 aromatic heterocycles. The first kappa shape index (κ1) is 14.9. The fourth-order valence-corrected chi connectivity index (χ4v) is 3.18. The van der Waals surface area contributed by atoms with Gasteiger partial charge in [0, 0.05) is 37.2 Å². The van der Waals surface area contributed by atoms with Crippen molar-refractivity contribution in [3.8, 4) is 5.75 Å². The predicted octanol–water partition coefficient (Wildman–Crippen LogP) is 2.63. The molecule has 2 aliphatic rings. The van der Waals surface area contributed by atoms with Crippen LogP contribution in [0.1, 0.15) is 23.2 Å². The molecule has 1 saturated carbocycles. The number of nitrogens with zero attached hydrogens (tertiary/aromatic N) is 2. The third-order valence-corrected chi connectivity index (χ3v) is 4.97. The van der Waals surface area contributed by atoms with Gasteiger partial charge in [-0.2, -0.15) is 0 Å². The molecule has 1 heterocycles. The molecule has 0 spiro atoms. The Labute approximate surface area is 134 Å². The van der Waals surface area contributed by atoms with Gasteiger partial charge in [0.05, 0.1) is 12.7 Å². The van der Waals surface area contributed by atoms with Crippen LogP contribution in [0.2, 0.25) is 0 Å². The second kappa shape index (κ2) is 6.36. The summed E-state index contributed by atoms with van der Waals surface area (Å²) in [4.78, 5) is 17.1. The van der Waals surface area contributed by atoms with E-state index in [0.717, 1.165) is 36.6 Å². The van der Waals surface area contributed by atoms with Crippen LogP contribution >= 0.6 is 15.9 Å². The lowest BCUT2D eigenvalue weighted by molar-refractivity contribution is 0.0631. The summed E-state index contributed by atoms with van der Waals surface area (Å²) in [5.41, 5.74) is 0.685. The Morgan fingerprint density at radius 3 is 2.62 bits per heavy atom. The van der Waals surface area contributed by atoms with Crippen molar-refractivity contribution < 1.29 is 9.53 Å². The molecule has 0 N–H and O–H groups in total. The van der Waals surface area contributed by atoms with Crippen molar-refractivity contribution in [1.82, 2.24) is 9.80 Å². The number of amides is 1. The lowest BCUT2D eigenvalue weighted by Gasteiger charge is -2.35. The van der Waals surface area contributed by atoms with Gasteiger partial charge in [0.2, 0.25) is 0 Å². The van der Waals surface area contributed by atoms with E-state index in [4.69, 9.17) is 4.74 Å². The van der Waals surface area contributed by atoms with Gasteiger partial charge in [0.15, 0.2) is 0 Å². The fourth-order valence-electron chi connectivity index (χ4n) is 2.76. The highest BCUT2D eigenvalue weighted by Crippen LogP contribution is 2.30. The van der Waals surface area contributed by atoms with Crippen molar-refractivity contribution in [3.05, 3.63) is 28.2 Å². The largest absolute Gasteiger partial charge is 0.497 e. The van der Waals surface area contributed by atoms with E-state index in [-0.39, 0.29) is 5.91 Å². The molecular formula is C16H21BrN2O2. The average molecular weight is 353 g/mol. The van der Waals surface area contributed by atoms with Gasteiger partial charge in [-0.1, -0.05) is 0 Å². The average Bonchev–Trinajstić information content (AvgIpc) is 3.32. The molecule has 1 aliphatic heterocycles. The van der Waals surface area contributed by atoms with Gasteiger partial charge in [-0.05, 0) is 52.9 Å². The van der Waals surface area contributed by atoms with Gasteiger partial charge in [-0.25, -0.2) is 0 Å². The summed E-state index contributed by atoms with van der Waals surface area (Å²) in [5, 5.41) is 0. The van der Waals surface area contributed by atoms with Gasteiger partial charge < -0.3 is 9.64 Å². The summed E-state index contributed by atoms with van der Waals surface area (Å²) in [6, 6.07) is 5.53. The number of hydrogen-bond acceptors (Lipinski definition) is 3. The maximum atomic E-state index is 12.7. The molecule has 0 unspecified atom stereocenters. The number of rotatable bonds is 4. The maximum Gasteiger partial charge on any atom is 0.255 e. The minimum absolute atomic E-state index is 0.0897. The van der Waals surface area contributed by atoms with Crippen molar-refractivity contribution >= 4 is 21.8 Å². The number of carbonyl (C=O) groups excluding carboxylic acids is 1.